The first-order valence-corrected chi connectivity index (χ1v) is 7.91. The van der Waals surface area contributed by atoms with Crippen LogP contribution in [0.2, 0.25) is 0 Å². The molecular weight excluding hydrogens is 240 g/mol. The first-order valence-electron chi connectivity index (χ1n) is 7.91. The Hall–Kier alpha value is -0.610. The second-order valence-electron chi connectivity index (χ2n) is 6.73. The fourth-order valence-electron chi connectivity index (χ4n) is 3.98. The third-order valence-corrected chi connectivity index (χ3v) is 5.47. The van der Waals surface area contributed by atoms with Gasteiger partial charge in [0.25, 0.3) is 0 Å². The number of carbonyl (C=O) groups is 1. The molecule has 3 rings (SSSR count). The number of hydrogen-bond donors (Lipinski definition) is 3. The van der Waals surface area contributed by atoms with Gasteiger partial charge in [-0.2, -0.15) is 0 Å². The van der Waals surface area contributed by atoms with Crippen molar-refractivity contribution in [1.82, 2.24) is 10.6 Å². The fourth-order valence-corrected chi connectivity index (χ4v) is 3.98. The summed E-state index contributed by atoms with van der Waals surface area (Å²) in [5.41, 5.74) is -0.303. The van der Waals surface area contributed by atoms with Crippen LogP contribution in [-0.4, -0.2) is 35.2 Å². The molecule has 4 nitrogen and oxygen atoms in total. The van der Waals surface area contributed by atoms with Gasteiger partial charge in [0.1, 0.15) is 0 Å². The molecular formula is C15H26N2O2. The van der Waals surface area contributed by atoms with Crippen LogP contribution in [0.15, 0.2) is 0 Å². The van der Waals surface area contributed by atoms with Gasteiger partial charge in [-0.3, -0.25) is 4.79 Å². The van der Waals surface area contributed by atoms with E-state index in [0.717, 1.165) is 31.6 Å². The van der Waals surface area contributed by atoms with E-state index in [4.69, 9.17) is 0 Å². The lowest BCUT2D eigenvalue weighted by Gasteiger charge is -2.44. The smallest absolute Gasteiger partial charge is 0.237 e. The average molecular weight is 266 g/mol. The van der Waals surface area contributed by atoms with Crippen molar-refractivity contribution in [1.29, 1.82) is 0 Å². The van der Waals surface area contributed by atoms with Crippen LogP contribution in [-0.2, 0) is 4.79 Å². The van der Waals surface area contributed by atoms with Gasteiger partial charge < -0.3 is 15.7 Å². The second-order valence-corrected chi connectivity index (χ2v) is 6.73. The van der Waals surface area contributed by atoms with Gasteiger partial charge in [-0.25, -0.2) is 0 Å². The second kappa shape index (κ2) is 5.41. The van der Waals surface area contributed by atoms with Gasteiger partial charge in [0.15, 0.2) is 0 Å². The predicted molar refractivity (Wildman–Crippen MR) is 73.7 cm³/mol. The highest BCUT2D eigenvalue weighted by Gasteiger charge is 2.41. The minimum atomic E-state index is -0.303. The number of hydrogen-bond acceptors (Lipinski definition) is 3. The number of aliphatic hydroxyl groups excluding tert-OH is 1. The van der Waals surface area contributed by atoms with Gasteiger partial charge in [-0.15, -0.1) is 0 Å². The summed E-state index contributed by atoms with van der Waals surface area (Å²) in [6, 6.07) is 0.507. The molecule has 108 valence electrons. The van der Waals surface area contributed by atoms with E-state index in [-0.39, 0.29) is 24.1 Å². The predicted octanol–water partition coefficient (Wildman–Crippen LogP) is 1.33. The lowest BCUT2D eigenvalue weighted by atomic mass is 9.76. The molecule has 4 heteroatoms. The summed E-state index contributed by atoms with van der Waals surface area (Å²) in [5, 5.41) is 16.1. The maximum Gasteiger partial charge on any atom is 0.237 e. The quantitative estimate of drug-likeness (QED) is 0.722. The normalized spacial score (nSPS) is 37.0. The number of carbonyl (C=O) groups excluding carboxylic acids is 1. The van der Waals surface area contributed by atoms with Crippen molar-refractivity contribution in [3.05, 3.63) is 0 Å². The summed E-state index contributed by atoms with van der Waals surface area (Å²) < 4.78 is 0. The highest BCUT2D eigenvalue weighted by molar-refractivity contribution is 5.82. The lowest BCUT2D eigenvalue weighted by molar-refractivity contribution is -0.128. The maximum atomic E-state index is 12.4. The van der Waals surface area contributed by atoms with Gasteiger partial charge in [0.2, 0.25) is 5.91 Å². The molecule has 1 amide bonds. The van der Waals surface area contributed by atoms with Gasteiger partial charge >= 0.3 is 0 Å². The van der Waals surface area contributed by atoms with Crippen molar-refractivity contribution in [3.8, 4) is 0 Å². The van der Waals surface area contributed by atoms with E-state index in [2.05, 4.69) is 10.6 Å². The van der Waals surface area contributed by atoms with Crippen molar-refractivity contribution >= 4 is 5.91 Å². The van der Waals surface area contributed by atoms with E-state index in [9.17, 15) is 9.90 Å². The van der Waals surface area contributed by atoms with Crippen molar-refractivity contribution in [2.75, 3.05) is 6.61 Å². The molecule has 0 aromatic rings. The molecule has 0 radical (unpaired) electrons. The molecule has 3 unspecified atom stereocenters. The van der Waals surface area contributed by atoms with Gasteiger partial charge in [0.05, 0.1) is 18.2 Å². The van der Waals surface area contributed by atoms with Crippen LogP contribution in [0.5, 0.6) is 0 Å². The number of piperidine rings is 1. The van der Waals surface area contributed by atoms with Crippen molar-refractivity contribution in [3.63, 3.8) is 0 Å². The zero-order valence-corrected chi connectivity index (χ0v) is 11.7. The van der Waals surface area contributed by atoms with Crippen molar-refractivity contribution < 1.29 is 9.90 Å². The van der Waals surface area contributed by atoms with E-state index in [1.807, 2.05) is 0 Å². The van der Waals surface area contributed by atoms with Crippen LogP contribution >= 0.6 is 0 Å². The summed E-state index contributed by atoms with van der Waals surface area (Å²) in [5.74, 6) is 0.895. The Labute approximate surface area is 115 Å². The first-order chi connectivity index (χ1) is 9.22. The Morgan fingerprint density at radius 3 is 2.63 bits per heavy atom. The Bertz CT molecular complexity index is 336. The highest BCUT2D eigenvalue weighted by Crippen LogP contribution is 2.34. The minimum Gasteiger partial charge on any atom is -0.394 e. The summed E-state index contributed by atoms with van der Waals surface area (Å²) in [7, 11) is 0. The lowest BCUT2D eigenvalue weighted by Crippen LogP contribution is -2.62. The van der Waals surface area contributed by atoms with E-state index < -0.39 is 0 Å². The van der Waals surface area contributed by atoms with Crippen LogP contribution in [0.3, 0.4) is 0 Å². The molecule has 2 saturated carbocycles. The van der Waals surface area contributed by atoms with Crippen molar-refractivity contribution in [2.24, 2.45) is 5.92 Å². The van der Waals surface area contributed by atoms with Crippen LogP contribution in [0, 0.1) is 5.92 Å². The zero-order chi connectivity index (χ0) is 13.3. The molecule has 2 aliphatic carbocycles. The molecule has 1 saturated heterocycles. The molecule has 0 aromatic carbocycles. The molecule has 0 spiro atoms. The summed E-state index contributed by atoms with van der Waals surface area (Å²) in [4.78, 5) is 12.4. The Morgan fingerprint density at radius 1 is 1.16 bits per heavy atom. The van der Waals surface area contributed by atoms with Crippen LogP contribution in [0.1, 0.15) is 57.8 Å². The van der Waals surface area contributed by atoms with Gasteiger partial charge in [0, 0.05) is 6.04 Å². The zero-order valence-electron chi connectivity index (χ0n) is 11.7. The molecule has 19 heavy (non-hydrogen) atoms. The SMILES string of the molecule is O=C(NC1(CO)CCC1)C1CCC2CCCCC2N1. The van der Waals surface area contributed by atoms with E-state index in [1.165, 1.54) is 32.1 Å². The molecule has 3 N–H and O–H groups in total. The maximum absolute atomic E-state index is 12.4. The fraction of sp³-hybridized carbons (Fsp3) is 0.933. The third kappa shape index (κ3) is 2.65. The first kappa shape index (κ1) is 13.4. The number of amides is 1. The third-order valence-electron chi connectivity index (χ3n) is 5.47. The number of aliphatic hydroxyl groups is 1. The summed E-state index contributed by atoms with van der Waals surface area (Å²) in [6.07, 6.45) is 10.3. The van der Waals surface area contributed by atoms with E-state index >= 15 is 0 Å². The summed E-state index contributed by atoms with van der Waals surface area (Å²) >= 11 is 0. The molecule has 0 bridgehead atoms. The standard InChI is InChI=1S/C15H26N2O2/c18-10-15(8-3-9-15)17-14(19)13-7-6-11-4-1-2-5-12(11)16-13/h11-13,16,18H,1-10H2,(H,17,19). The van der Waals surface area contributed by atoms with Crippen LogP contribution in [0.25, 0.3) is 0 Å². The number of nitrogens with one attached hydrogen (secondary N) is 2. The molecule has 1 aliphatic heterocycles. The van der Waals surface area contributed by atoms with Gasteiger partial charge in [-0.05, 0) is 50.9 Å². The average Bonchev–Trinajstić information content (AvgIpc) is 2.42. The largest absolute Gasteiger partial charge is 0.394 e. The van der Waals surface area contributed by atoms with E-state index in [1.54, 1.807) is 0 Å². The molecule has 0 aromatic heterocycles. The molecule has 3 aliphatic rings. The Kier molecular flexibility index (Phi) is 3.81. The van der Waals surface area contributed by atoms with Gasteiger partial charge in [-0.1, -0.05) is 12.8 Å². The van der Waals surface area contributed by atoms with E-state index in [0.29, 0.717) is 6.04 Å². The molecule has 1 heterocycles. The summed E-state index contributed by atoms with van der Waals surface area (Å²) in [6.45, 7) is 0.0809. The minimum absolute atomic E-state index is 0.0385. The highest BCUT2D eigenvalue weighted by atomic mass is 16.3. The monoisotopic (exact) mass is 266 g/mol. The Morgan fingerprint density at radius 2 is 1.95 bits per heavy atom. The molecule has 3 atom stereocenters. The number of rotatable bonds is 3. The number of fused-ring (bicyclic) bond motifs is 1. The Balaban J connectivity index is 1.55. The van der Waals surface area contributed by atoms with Crippen molar-refractivity contribution in [2.45, 2.75) is 75.4 Å². The molecule has 3 fully saturated rings. The van der Waals surface area contributed by atoms with Crippen LogP contribution < -0.4 is 10.6 Å². The van der Waals surface area contributed by atoms with Crippen LogP contribution in [0.4, 0.5) is 0 Å². The topological polar surface area (TPSA) is 61.4 Å².